The van der Waals surface area contributed by atoms with Crippen LogP contribution in [-0.2, 0) is 14.4 Å². The van der Waals surface area contributed by atoms with Gasteiger partial charge in [0.05, 0.1) is 6.61 Å². The van der Waals surface area contributed by atoms with Crippen LogP contribution >= 0.6 is 0 Å². The quantitative estimate of drug-likeness (QED) is 0.465. The van der Waals surface area contributed by atoms with Gasteiger partial charge in [-0.15, -0.1) is 0 Å². The summed E-state index contributed by atoms with van der Waals surface area (Å²) in [5.74, 6) is 2.15. The lowest BCUT2D eigenvalue weighted by molar-refractivity contribution is -0.149. The molecule has 1 aromatic carbocycles. The van der Waals surface area contributed by atoms with Gasteiger partial charge in [0, 0.05) is 5.41 Å². The van der Waals surface area contributed by atoms with Gasteiger partial charge in [-0.1, -0.05) is 13.8 Å². The Labute approximate surface area is 207 Å². The smallest absolute Gasteiger partial charge is 0.279 e. The van der Waals surface area contributed by atoms with Crippen LogP contribution in [0.4, 0.5) is 0 Å². The first kappa shape index (κ1) is 25.3. The molecular weight excluding hydrogens is 446 g/mol. The number of hydrazine groups is 1. The van der Waals surface area contributed by atoms with Gasteiger partial charge in [-0.2, -0.15) is 0 Å². The largest absolute Gasteiger partial charge is 0.494 e. The van der Waals surface area contributed by atoms with E-state index in [0.29, 0.717) is 30.1 Å². The van der Waals surface area contributed by atoms with Gasteiger partial charge < -0.3 is 14.8 Å². The lowest BCUT2D eigenvalue weighted by Crippen LogP contribution is -2.60. The number of amides is 3. The summed E-state index contributed by atoms with van der Waals surface area (Å²) in [6.45, 7) is 7.86. The second-order valence-corrected chi connectivity index (χ2v) is 11.0. The number of carbonyl (C=O) groups excluding carboxylic acids is 3. The molecule has 0 radical (unpaired) electrons. The number of hydrogen-bond donors (Lipinski definition) is 3. The van der Waals surface area contributed by atoms with Crippen molar-refractivity contribution >= 4 is 17.7 Å². The minimum absolute atomic E-state index is 0.00368. The molecule has 4 bridgehead atoms. The zero-order chi connectivity index (χ0) is 25.2. The molecule has 192 valence electrons. The number of benzene rings is 1. The van der Waals surface area contributed by atoms with E-state index in [-0.39, 0.29) is 17.2 Å². The van der Waals surface area contributed by atoms with Crippen LogP contribution in [0, 0.1) is 29.1 Å². The Balaban J connectivity index is 1.29. The van der Waals surface area contributed by atoms with E-state index in [4.69, 9.17) is 9.47 Å². The molecule has 0 aliphatic heterocycles. The van der Waals surface area contributed by atoms with Gasteiger partial charge >= 0.3 is 0 Å². The zero-order valence-corrected chi connectivity index (χ0v) is 21.3. The Morgan fingerprint density at radius 3 is 1.91 bits per heavy atom. The number of nitrogens with one attached hydrogen (secondary N) is 3. The number of ether oxygens (including phenoxy) is 2. The summed E-state index contributed by atoms with van der Waals surface area (Å²) in [6, 6.07) is 6.26. The Bertz CT molecular complexity index is 894. The third-order valence-electron chi connectivity index (χ3n) is 7.88. The van der Waals surface area contributed by atoms with Crippen LogP contribution < -0.4 is 25.6 Å². The maximum Gasteiger partial charge on any atom is 0.279 e. The van der Waals surface area contributed by atoms with Crippen molar-refractivity contribution in [2.24, 2.45) is 29.1 Å². The number of hydrogen-bond acceptors (Lipinski definition) is 5. The van der Waals surface area contributed by atoms with Gasteiger partial charge in [0.25, 0.3) is 11.8 Å². The number of carbonyl (C=O) groups is 3. The fourth-order valence-electron chi connectivity index (χ4n) is 6.56. The van der Waals surface area contributed by atoms with E-state index in [0.717, 1.165) is 25.0 Å². The van der Waals surface area contributed by atoms with Crippen molar-refractivity contribution in [1.29, 1.82) is 0 Å². The van der Waals surface area contributed by atoms with Gasteiger partial charge in [-0.05, 0) is 100 Å². The van der Waals surface area contributed by atoms with Crippen molar-refractivity contribution in [2.45, 2.75) is 78.4 Å². The van der Waals surface area contributed by atoms with Crippen molar-refractivity contribution in [3.8, 4) is 11.5 Å². The second kappa shape index (κ2) is 10.5. The molecule has 0 heterocycles. The van der Waals surface area contributed by atoms with Crippen LogP contribution in [0.25, 0.3) is 0 Å². The lowest BCUT2D eigenvalue weighted by atomic mass is 9.49. The van der Waals surface area contributed by atoms with E-state index < -0.39 is 24.0 Å². The molecule has 8 nitrogen and oxygen atoms in total. The highest BCUT2D eigenvalue weighted by Crippen LogP contribution is 2.60. The van der Waals surface area contributed by atoms with Gasteiger partial charge in [0.1, 0.15) is 17.5 Å². The van der Waals surface area contributed by atoms with Crippen molar-refractivity contribution < 1.29 is 23.9 Å². The third-order valence-corrected chi connectivity index (χ3v) is 7.88. The maximum atomic E-state index is 13.4. The second-order valence-electron chi connectivity index (χ2n) is 11.0. The van der Waals surface area contributed by atoms with E-state index in [2.05, 4.69) is 16.2 Å². The molecule has 0 aromatic heterocycles. The first-order chi connectivity index (χ1) is 16.7. The molecule has 2 atom stereocenters. The summed E-state index contributed by atoms with van der Waals surface area (Å²) in [5.41, 5.74) is 4.59. The summed E-state index contributed by atoms with van der Waals surface area (Å²) in [6.07, 6.45) is 5.75. The molecule has 4 fully saturated rings. The summed E-state index contributed by atoms with van der Waals surface area (Å²) >= 11 is 0. The van der Waals surface area contributed by atoms with Gasteiger partial charge in [-0.25, -0.2) is 0 Å². The SMILES string of the molecule is CCOc1ccc(O[C@H](C)C(=O)NNC(=O)[C@@H](NC(=O)C23CC4CC(CC(C4)C2)C3)C(C)C)cc1. The molecule has 3 amide bonds. The molecule has 4 aliphatic rings. The summed E-state index contributed by atoms with van der Waals surface area (Å²) in [5, 5.41) is 3.04. The topological polar surface area (TPSA) is 106 Å². The van der Waals surface area contributed by atoms with Crippen LogP contribution in [-0.4, -0.2) is 36.5 Å². The Morgan fingerprint density at radius 1 is 0.886 bits per heavy atom. The molecule has 3 N–H and O–H groups in total. The van der Waals surface area contributed by atoms with Crippen LogP contribution in [0.1, 0.15) is 66.2 Å². The maximum absolute atomic E-state index is 13.4. The first-order valence-corrected chi connectivity index (χ1v) is 13.0. The van der Waals surface area contributed by atoms with Crippen LogP contribution in [0.15, 0.2) is 24.3 Å². The lowest BCUT2D eigenvalue weighted by Gasteiger charge is -2.55. The predicted octanol–water partition coefficient (Wildman–Crippen LogP) is 3.36. The third kappa shape index (κ3) is 5.73. The normalized spacial score (nSPS) is 28.2. The van der Waals surface area contributed by atoms with E-state index in [1.54, 1.807) is 31.2 Å². The van der Waals surface area contributed by atoms with Crippen molar-refractivity contribution in [1.82, 2.24) is 16.2 Å². The van der Waals surface area contributed by atoms with Crippen LogP contribution in [0.2, 0.25) is 0 Å². The molecule has 0 saturated heterocycles. The van der Waals surface area contributed by atoms with Gasteiger partial charge in [-0.3, -0.25) is 25.2 Å². The molecule has 0 unspecified atom stereocenters. The standard InChI is InChI=1S/C27H39N3O5/c1-5-34-21-6-8-22(9-7-21)35-17(4)24(31)29-30-25(32)23(16(2)3)28-26(33)27-13-18-10-19(14-27)12-20(11-18)15-27/h6-9,16-20,23H,5,10-15H2,1-4H3,(H,28,33)(H,29,31)(H,30,32)/t17-,18?,19?,20?,23+,27?/m1/s1. The van der Waals surface area contributed by atoms with Crippen molar-refractivity contribution in [2.75, 3.05) is 6.61 Å². The minimum Gasteiger partial charge on any atom is -0.494 e. The Hall–Kier alpha value is -2.77. The van der Waals surface area contributed by atoms with E-state index in [1.807, 2.05) is 20.8 Å². The van der Waals surface area contributed by atoms with Crippen molar-refractivity contribution in [3.63, 3.8) is 0 Å². The minimum atomic E-state index is -0.827. The highest BCUT2D eigenvalue weighted by molar-refractivity contribution is 5.92. The summed E-state index contributed by atoms with van der Waals surface area (Å²) in [7, 11) is 0. The molecule has 4 aliphatic carbocycles. The highest BCUT2D eigenvalue weighted by Gasteiger charge is 2.55. The fraction of sp³-hybridized carbons (Fsp3) is 0.667. The summed E-state index contributed by atoms with van der Waals surface area (Å²) < 4.78 is 11.1. The number of rotatable bonds is 9. The van der Waals surface area contributed by atoms with Crippen LogP contribution in [0.5, 0.6) is 11.5 Å². The van der Waals surface area contributed by atoms with E-state index in [1.165, 1.54) is 19.3 Å². The average Bonchev–Trinajstić information content (AvgIpc) is 2.81. The predicted molar refractivity (Wildman–Crippen MR) is 131 cm³/mol. The Morgan fingerprint density at radius 2 is 1.40 bits per heavy atom. The van der Waals surface area contributed by atoms with Gasteiger partial charge in [0.2, 0.25) is 5.91 Å². The molecule has 0 spiro atoms. The summed E-state index contributed by atoms with van der Waals surface area (Å²) in [4.78, 5) is 38.9. The van der Waals surface area contributed by atoms with E-state index >= 15 is 0 Å². The monoisotopic (exact) mass is 485 g/mol. The van der Waals surface area contributed by atoms with Crippen LogP contribution in [0.3, 0.4) is 0 Å². The average molecular weight is 486 g/mol. The molecule has 5 rings (SSSR count). The molecule has 4 saturated carbocycles. The van der Waals surface area contributed by atoms with E-state index in [9.17, 15) is 14.4 Å². The highest BCUT2D eigenvalue weighted by atomic mass is 16.5. The molecule has 1 aromatic rings. The molecule has 35 heavy (non-hydrogen) atoms. The zero-order valence-electron chi connectivity index (χ0n) is 21.3. The van der Waals surface area contributed by atoms with Crippen molar-refractivity contribution in [3.05, 3.63) is 24.3 Å². The first-order valence-electron chi connectivity index (χ1n) is 13.0. The molecular formula is C27H39N3O5. The Kier molecular flexibility index (Phi) is 7.57. The van der Waals surface area contributed by atoms with Gasteiger partial charge in [0.15, 0.2) is 6.10 Å². The fourth-order valence-corrected chi connectivity index (χ4v) is 6.56. The molecule has 8 heteroatoms.